The van der Waals surface area contributed by atoms with Crippen molar-refractivity contribution < 1.29 is 14.1 Å². The first-order valence-corrected chi connectivity index (χ1v) is 10.4. The van der Waals surface area contributed by atoms with Crippen LogP contribution in [0.4, 0.5) is 0 Å². The normalized spacial score (nSPS) is 15.9. The van der Waals surface area contributed by atoms with Crippen molar-refractivity contribution >= 4 is 5.91 Å². The molecule has 4 heterocycles. The summed E-state index contributed by atoms with van der Waals surface area (Å²) in [5.41, 5.74) is 2.10. The van der Waals surface area contributed by atoms with E-state index >= 15 is 0 Å². The Kier molecular flexibility index (Phi) is 6.22. The molecule has 31 heavy (non-hydrogen) atoms. The molecule has 1 unspecified atom stereocenters. The third-order valence-corrected chi connectivity index (χ3v) is 5.35. The van der Waals surface area contributed by atoms with Crippen molar-refractivity contribution in [2.45, 2.75) is 45.8 Å². The van der Waals surface area contributed by atoms with Crippen molar-refractivity contribution in [1.29, 1.82) is 0 Å². The van der Waals surface area contributed by atoms with Crippen LogP contribution in [0.1, 0.15) is 40.3 Å². The molecule has 3 aromatic rings. The maximum Gasteiger partial charge on any atom is 0.263 e. The Morgan fingerprint density at radius 1 is 1.35 bits per heavy atom. The van der Waals surface area contributed by atoms with Gasteiger partial charge in [0.25, 0.3) is 11.5 Å². The molecule has 162 valence electrons. The van der Waals surface area contributed by atoms with Crippen molar-refractivity contribution in [3.63, 3.8) is 0 Å². The van der Waals surface area contributed by atoms with Crippen molar-refractivity contribution in [1.82, 2.24) is 25.0 Å². The number of carbonyl (C=O) groups is 1. The molecule has 0 spiro atoms. The number of carbonyl (C=O) groups excluding carboxylic acids is 1. The van der Waals surface area contributed by atoms with E-state index in [-0.39, 0.29) is 23.8 Å². The third-order valence-electron chi connectivity index (χ3n) is 5.35. The van der Waals surface area contributed by atoms with Crippen LogP contribution in [0.15, 0.2) is 39.9 Å². The molecule has 0 saturated carbocycles. The van der Waals surface area contributed by atoms with Gasteiger partial charge in [0.15, 0.2) is 0 Å². The highest BCUT2D eigenvalue weighted by molar-refractivity contribution is 5.95. The van der Waals surface area contributed by atoms with Gasteiger partial charge in [-0.3, -0.25) is 14.6 Å². The van der Waals surface area contributed by atoms with Crippen molar-refractivity contribution in [2.75, 3.05) is 13.2 Å². The van der Waals surface area contributed by atoms with Crippen molar-refractivity contribution in [2.24, 2.45) is 0 Å². The molecule has 1 N–H and O–H groups in total. The topological polar surface area (TPSA) is 112 Å². The molecular weight excluding hydrogens is 398 g/mol. The van der Waals surface area contributed by atoms with Crippen LogP contribution < -0.4 is 10.9 Å². The predicted octanol–water partition coefficient (Wildman–Crippen LogP) is 2.06. The van der Waals surface area contributed by atoms with E-state index in [1.54, 1.807) is 30.0 Å². The van der Waals surface area contributed by atoms with Gasteiger partial charge in [-0.1, -0.05) is 5.16 Å². The second-order valence-electron chi connectivity index (χ2n) is 7.65. The first-order valence-electron chi connectivity index (χ1n) is 10.4. The summed E-state index contributed by atoms with van der Waals surface area (Å²) in [4.78, 5) is 34.2. The van der Waals surface area contributed by atoms with Crippen molar-refractivity contribution in [3.05, 3.63) is 63.7 Å². The molecule has 9 heteroatoms. The fourth-order valence-corrected chi connectivity index (χ4v) is 3.76. The average Bonchev–Trinajstić information content (AvgIpc) is 3.44. The Hall–Kier alpha value is -3.33. The number of amides is 1. The molecule has 0 aliphatic carbocycles. The summed E-state index contributed by atoms with van der Waals surface area (Å²) < 4.78 is 12.5. The van der Waals surface area contributed by atoms with E-state index in [2.05, 4.69) is 20.4 Å². The van der Waals surface area contributed by atoms with Crippen LogP contribution in [0.25, 0.3) is 11.4 Å². The summed E-state index contributed by atoms with van der Waals surface area (Å²) in [7, 11) is 0. The highest BCUT2D eigenvalue weighted by atomic mass is 16.5. The molecule has 3 aromatic heterocycles. The number of pyridine rings is 2. The quantitative estimate of drug-likeness (QED) is 0.619. The van der Waals surface area contributed by atoms with Gasteiger partial charge in [0.1, 0.15) is 5.56 Å². The Labute approximate surface area is 179 Å². The molecule has 1 amide bonds. The van der Waals surface area contributed by atoms with E-state index in [1.807, 2.05) is 19.1 Å². The first kappa shape index (κ1) is 20.9. The van der Waals surface area contributed by atoms with E-state index in [0.717, 1.165) is 30.7 Å². The fourth-order valence-electron chi connectivity index (χ4n) is 3.76. The van der Waals surface area contributed by atoms with Crippen LogP contribution in [-0.2, 0) is 17.7 Å². The molecule has 0 bridgehead atoms. The number of nitrogens with zero attached hydrogens (tertiary/aromatic N) is 4. The Balaban J connectivity index is 1.41. The molecule has 0 aromatic carbocycles. The van der Waals surface area contributed by atoms with Crippen LogP contribution >= 0.6 is 0 Å². The molecule has 0 radical (unpaired) electrons. The lowest BCUT2D eigenvalue weighted by Crippen LogP contribution is -2.37. The lowest BCUT2D eigenvalue weighted by atomic mass is 10.1. The number of ether oxygens (including phenoxy) is 1. The zero-order valence-corrected chi connectivity index (χ0v) is 17.6. The molecule has 1 aliphatic rings. The van der Waals surface area contributed by atoms with Gasteiger partial charge in [0.2, 0.25) is 11.7 Å². The minimum Gasteiger partial charge on any atom is -0.376 e. The third kappa shape index (κ3) is 4.72. The van der Waals surface area contributed by atoms with Crippen LogP contribution in [-0.4, -0.2) is 44.9 Å². The average molecular weight is 423 g/mol. The fraction of sp³-hybridized carbons (Fsp3) is 0.409. The number of rotatable bonds is 7. The van der Waals surface area contributed by atoms with E-state index in [1.165, 1.54) is 0 Å². The van der Waals surface area contributed by atoms with Gasteiger partial charge in [-0.05, 0) is 50.5 Å². The van der Waals surface area contributed by atoms with E-state index in [0.29, 0.717) is 30.2 Å². The maximum atomic E-state index is 13.0. The van der Waals surface area contributed by atoms with E-state index in [4.69, 9.17) is 9.26 Å². The minimum absolute atomic E-state index is 0.0153. The molecule has 9 nitrogen and oxygen atoms in total. The van der Waals surface area contributed by atoms with Crippen molar-refractivity contribution in [3.8, 4) is 11.4 Å². The number of aromatic nitrogens is 4. The summed E-state index contributed by atoms with van der Waals surface area (Å²) in [6.07, 6.45) is 5.61. The summed E-state index contributed by atoms with van der Waals surface area (Å²) in [6.45, 7) is 5.10. The Morgan fingerprint density at radius 2 is 2.23 bits per heavy atom. The summed E-state index contributed by atoms with van der Waals surface area (Å²) in [5, 5.41) is 6.73. The number of aryl methyl sites for hydroxylation is 2. The zero-order valence-electron chi connectivity index (χ0n) is 17.6. The monoisotopic (exact) mass is 423 g/mol. The molecule has 1 aliphatic heterocycles. The Bertz CT molecular complexity index is 1120. The lowest BCUT2D eigenvalue weighted by molar-refractivity contribution is 0.0927. The second-order valence-corrected chi connectivity index (χ2v) is 7.65. The van der Waals surface area contributed by atoms with Gasteiger partial charge in [0.05, 0.1) is 12.6 Å². The van der Waals surface area contributed by atoms with Crippen LogP contribution in [0, 0.1) is 13.8 Å². The van der Waals surface area contributed by atoms with Crippen LogP contribution in [0.2, 0.25) is 0 Å². The van der Waals surface area contributed by atoms with E-state index in [9.17, 15) is 9.59 Å². The van der Waals surface area contributed by atoms with Crippen LogP contribution in [0.5, 0.6) is 0 Å². The Morgan fingerprint density at radius 3 is 2.97 bits per heavy atom. The highest BCUT2D eigenvalue weighted by Gasteiger charge is 2.22. The lowest BCUT2D eigenvalue weighted by Gasteiger charge is -2.17. The van der Waals surface area contributed by atoms with Gasteiger partial charge in [-0.25, -0.2) is 0 Å². The maximum absolute atomic E-state index is 13.0. The van der Waals surface area contributed by atoms with Gasteiger partial charge in [-0.2, -0.15) is 4.98 Å². The van der Waals surface area contributed by atoms with Gasteiger partial charge >= 0.3 is 0 Å². The minimum atomic E-state index is -0.407. The second kappa shape index (κ2) is 9.22. The number of hydrogen-bond donors (Lipinski definition) is 1. The SMILES string of the molecule is Cc1cc(C)n(CC2CCCO2)c(=O)c1C(=O)NCCc1nc(-c2cccnc2)no1. The summed E-state index contributed by atoms with van der Waals surface area (Å²) in [5.74, 6) is 0.437. The molecular formula is C22H25N5O4. The number of hydrogen-bond acceptors (Lipinski definition) is 7. The molecule has 1 atom stereocenters. The van der Waals surface area contributed by atoms with Gasteiger partial charge in [0, 0.05) is 43.2 Å². The molecule has 1 fully saturated rings. The predicted molar refractivity (Wildman–Crippen MR) is 113 cm³/mol. The van der Waals surface area contributed by atoms with Gasteiger partial charge in [-0.15, -0.1) is 0 Å². The standard InChI is InChI=1S/C22H25N5O4/c1-14-11-15(2)27(13-17-6-4-10-30-17)22(29)19(14)21(28)24-9-7-18-25-20(26-31-18)16-5-3-8-23-12-16/h3,5,8,11-12,17H,4,6-7,9-10,13H2,1-2H3,(H,24,28). The van der Waals surface area contributed by atoms with Crippen LogP contribution in [0.3, 0.4) is 0 Å². The molecule has 1 saturated heterocycles. The largest absolute Gasteiger partial charge is 0.376 e. The summed E-state index contributed by atoms with van der Waals surface area (Å²) in [6, 6.07) is 5.50. The summed E-state index contributed by atoms with van der Waals surface area (Å²) >= 11 is 0. The highest BCUT2D eigenvalue weighted by Crippen LogP contribution is 2.16. The smallest absolute Gasteiger partial charge is 0.263 e. The van der Waals surface area contributed by atoms with Gasteiger partial charge < -0.3 is 19.1 Å². The first-order chi connectivity index (χ1) is 15.0. The van der Waals surface area contributed by atoms with E-state index < -0.39 is 5.91 Å². The number of nitrogens with one attached hydrogen (secondary N) is 1. The zero-order chi connectivity index (χ0) is 21.8. The molecule has 4 rings (SSSR count).